The second kappa shape index (κ2) is 11.0. The van der Waals surface area contributed by atoms with Crippen molar-refractivity contribution in [2.45, 2.75) is 18.3 Å². The molecule has 9 heteroatoms. The number of ketones is 2. The maximum absolute atomic E-state index is 12.2. The molecule has 9 nitrogen and oxygen atoms in total. The summed E-state index contributed by atoms with van der Waals surface area (Å²) in [6.07, 6.45) is -3.87. The second-order valence-corrected chi connectivity index (χ2v) is 6.39. The van der Waals surface area contributed by atoms with Crippen LogP contribution in [0.5, 0.6) is 0 Å². The molecule has 0 spiro atoms. The fourth-order valence-corrected chi connectivity index (χ4v) is 2.66. The van der Waals surface area contributed by atoms with Crippen LogP contribution in [0.2, 0.25) is 0 Å². The number of rotatable bonds is 7. The summed E-state index contributed by atoms with van der Waals surface area (Å²) in [6, 6.07) is 17.4. The summed E-state index contributed by atoms with van der Waals surface area (Å²) in [6.45, 7) is -0.671. The van der Waals surface area contributed by atoms with Crippen molar-refractivity contribution in [1.29, 1.82) is 0 Å². The van der Waals surface area contributed by atoms with Crippen molar-refractivity contribution in [3.8, 4) is 0 Å². The topological polar surface area (TPSA) is 151 Å². The lowest BCUT2D eigenvalue weighted by molar-refractivity contribution is -0.147. The number of aliphatic hydroxyl groups excluding tert-OH is 4. The van der Waals surface area contributed by atoms with Gasteiger partial charge in [-0.05, 0) is 0 Å². The zero-order valence-electron chi connectivity index (χ0n) is 16.5. The molecule has 0 aliphatic carbocycles. The van der Waals surface area contributed by atoms with Gasteiger partial charge >= 0.3 is 5.97 Å². The lowest BCUT2D eigenvalue weighted by Crippen LogP contribution is -2.32. The van der Waals surface area contributed by atoms with Crippen LogP contribution in [0.25, 0.3) is 0 Å². The van der Waals surface area contributed by atoms with E-state index in [2.05, 4.69) is 4.74 Å². The highest BCUT2D eigenvalue weighted by atomic mass is 16.6. The van der Waals surface area contributed by atoms with Crippen LogP contribution in [0.1, 0.15) is 20.7 Å². The number of benzene rings is 2. The van der Waals surface area contributed by atoms with Gasteiger partial charge in [-0.1, -0.05) is 60.7 Å². The van der Waals surface area contributed by atoms with Crippen LogP contribution in [-0.2, 0) is 14.3 Å². The number of esters is 1. The first-order valence-corrected chi connectivity index (χ1v) is 9.15. The monoisotopic (exact) mass is 430 g/mol. The van der Waals surface area contributed by atoms with E-state index in [1.54, 1.807) is 48.5 Å². The largest absolute Gasteiger partial charge is 0.505 e. The van der Waals surface area contributed by atoms with Gasteiger partial charge in [0.1, 0.15) is 6.10 Å². The quantitative estimate of drug-likeness (QED) is 0.290. The summed E-state index contributed by atoms with van der Waals surface area (Å²) in [5.74, 6) is -3.42. The zero-order valence-corrected chi connectivity index (χ0v) is 16.5. The van der Waals surface area contributed by atoms with Crippen LogP contribution in [0.4, 0.5) is 0 Å². The minimum absolute atomic E-state index is 0.322. The molecule has 2 aromatic rings. The van der Waals surface area contributed by atoms with Crippen LogP contribution < -0.4 is 0 Å². The Hall–Kier alpha value is -3.53. The Morgan fingerprint density at radius 3 is 1.74 bits per heavy atom. The highest BCUT2D eigenvalue weighted by molar-refractivity contribution is 6.18. The molecule has 0 aromatic heterocycles. The van der Waals surface area contributed by atoms with Crippen molar-refractivity contribution < 1.29 is 44.3 Å². The Morgan fingerprint density at radius 2 is 1.42 bits per heavy atom. The molecule has 2 atom stereocenters. The van der Waals surface area contributed by atoms with E-state index < -0.39 is 42.4 Å². The Bertz CT molecular complexity index is 886. The van der Waals surface area contributed by atoms with Crippen molar-refractivity contribution in [2.75, 3.05) is 13.7 Å². The minimum Gasteiger partial charge on any atom is -0.505 e. The number of cyclic esters (lactones) is 1. The van der Waals surface area contributed by atoms with E-state index in [9.17, 15) is 14.4 Å². The van der Waals surface area contributed by atoms with Crippen molar-refractivity contribution in [3.05, 3.63) is 83.3 Å². The van der Waals surface area contributed by atoms with Gasteiger partial charge in [0.15, 0.2) is 29.5 Å². The molecular formula is C22H22O9. The number of methoxy groups -OCH3 is 1. The van der Waals surface area contributed by atoms with E-state index in [4.69, 9.17) is 25.2 Å². The lowest BCUT2D eigenvalue weighted by Gasteiger charge is -2.13. The van der Waals surface area contributed by atoms with E-state index in [1.807, 2.05) is 12.1 Å². The Morgan fingerprint density at radius 1 is 0.968 bits per heavy atom. The van der Waals surface area contributed by atoms with Crippen molar-refractivity contribution >= 4 is 17.5 Å². The third-order valence-corrected chi connectivity index (χ3v) is 4.30. The number of carbonyl (C=O) groups is 3. The number of Topliss-reactive ketones (excluding diaryl/α,β-unsaturated/α-hetero) is 2. The predicted octanol–water partition coefficient (Wildman–Crippen LogP) is 1.36. The van der Waals surface area contributed by atoms with Gasteiger partial charge < -0.3 is 29.9 Å². The van der Waals surface area contributed by atoms with Gasteiger partial charge in [-0.25, -0.2) is 4.79 Å². The number of carbonyl (C=O) groups excluding carboxylic acids is 3. The average Bonchev–Trinajstić information content (AvgIpc) is 3.07. The summed E-state index contributed by atoms with van der Waals surface area (Å²) in [5.41, 5.74) is 0.942. The molecule has 4 N–H and O–H groups in total. The molecule has 31 heavy (non-hydrogen) atoms. The first-order valence-electron chi connectivity index (χ1n) is 9.15. The lowest BCUT2D eigenvalue weighted by atomic mass is 9.98. The highest BCUT2D eigenvalue weighted by Gasteiger charge is 2.38. The fourth-order valence-electron chi connectivity index (χ4n) is 2.66. The summed E-state index contributed by atoms with van der Waals surface area (Å²) < 4.78 is 9.40. The molecule has 2 aromatic carbocycles. The minimum atomic E-state index is -1.42. The van der Waals surface area contributed by atoms with Crippen molar-refractivity contribution in [3.63, 3.8) is 0 Å². The number of hydrogen-bond donors (Lipinski definition) is 4. The molecule has 1 aliphatic rings. The van der Waals surface area contributed by atoms with E-state index in [1.165, 1.54) is 7.11 Å². The van der Waals surface area contributed by atoms with E-state index in [-0.39, 0.29) is 11.6 Å². The van der Waals surface area contributed by atoms with Crippen LogP contribution in [0.3, 0.4) is 0 Å². The van der Waals surface area contributed by atoms with E-state index >= 15 is 0 Å². The van der Waals surface area contributed by atoms with Crippen LogP contribution in [-0.4, -0.2) is 70.0 Å². The molecule has 164 valence electrons. The molecule has 1 aliphatic heterocycles. The molecular weight excluding hydrogens is 408 g/mol. The molecule has 0 amide bonds. The molecule has 0 fully saturated rings. The van der Waals surface area contributed by atoms with Crippen molar-refractivity contribution in [1.82, 2.24) is 0 Å². The van der Waals surface area contributed by atoms with Gasteiger partial charge in [0.2, 0.25) is 5.76 Å². The number of hydrogen-bond acceptors (Lipinski definition) is 9. The van der Waals surface area contributed by atoms with Gasteiger partial charge in [-0.3, -0.25) is 9.59 Å². The molecule has 1 heterocycles. The summed E-state index contributed by atoms with van der Waals surface area (Å²) in [5, 5.41) is 35.0. The standard InChI is InChI=1S/C16H14O3.C6H8O6/c1-19-16(14(17)12-8-4-2-5-9-12)15(18)13-10-6-3-7-11-13;7-1-2(8)5-3(9)4(10)6(11)12-5/h2-11,16H,1H3;2,5,7-10H,1H2/t;2-,5+/m.0/s1. The summed E-state index contributed by atoms with van der Waals surface area (Å²) in [4.78, 5) is 35.0. The van der Waals surface area contributed by atoms with Gasteiger partial charge in [0.05, 0.1) is 6.61 Å². The van der Waals surface area contributed by atoms with Crippen LogP contribution in [0, 0.1) is 0 Å². The molecule has 0 saturated heterocycles. The highest BCUT2D eigenvalue weighted by Crippen LogP contribution is 2.20. The number of aliphatic hydroxyl groups is 4. The first kappa shape index (κ1) is 23.7. The third-order valence-electron chi connectivity index (χ3n) is 4.30. The average molecular weight is 430 g/mol. The first-order chi connectivity index (χ1) is 14.8. The second-order valence-electron chi connectivity index (χ2n) is 6.39. The van der Waals surface area contributed by atoms with E-state index in [0.717, 1.165) is 0 Å². The van der Waals surface area contributed by atoms with Crippen molar-refractivity contribution in [2.24, 2.45) is 0 Å². The van der Waals surface area contributed by atoms with Crippen LogP contribution >= 0.6 is 0 Å². The fraction of sp³-hybridized carbons (Fsp3) is 0.227. The summed E-state index contributed by atoms with van der Waals surface area (Å²) >= 11 is 0. The number of ether oxygens (including phenoxy) is 2. The Kier molecular flexibility index (Phi) is 8.44. The SMILES string of the molecule is COC(C(=O)c1ccccc1)C(=O)c1ccccc1.O=C1O[C@H]([C@@H](O)CO)C(O)=C1O. The van der Waals surface area contributed by atoms with Gasteiger partial charge in [0, 0.05) is 18.2 Å². The Balaban J connectivity index is 0.000000245. The molecule has 3 rings (SSSR count). The predicted molar refractivity (Wildman–Crippen MR) is 108 cm³/mol. The van der Waals surface area contributed by atoms with Gasteiger partial charge in [-0.2, -0.15) is 0 Å². The Labute approximate surface area is 177 Å². The zero-order chi connectivity index (χ0) is 23.0. The normalized spacial score (nSPS) is 16.4. The van der Waals surface area contributed by atoms with E-state index in [0.29, 0.717) is 11.1 Å². The van der Waals surface area contributed by atoms with Crippen LogP contribution in [0.15, 0.2) is 72.2 Å². The molecule has 0 unspecified atom stereocenters. The smallest absolute Gasteiger partial charge is 0.377 e. The molecule has 0 radical (unpaired) electrons. The summed E-state index contributed by atoms with van der Waals surface area (Å²) in [7, 11) is 1.37. The maximum atomic E-state index is 12.2. The molecule has 0 bridgehead atoms. The third kappa shape index (κ3) is 5.76. The van der Waals surface area contributed by atoms with Gasteiger partial charge in [-0.15, -0.1) is 0 Å². The maximum Gasteiger partial charge on any atom is 0.377 e. The van der Waals surface area contributed by atoms with Gasteiger partial charge in [0.25, 0.3) is 0 Å². The molecule has 0 saturated carbocycles.